The summed E-state index contributed by atoms with van der Waals surface area (Å²) in [6, 6.07) is 18.2. The molecular weight excluding hydrogens is 440 g/mol. The maximum atomic E-state index is 13.6. The van der Waals surface area contributed by atoms with Crippen LogP contribution in [0.25, 0.3) is 10.9 Å². The molecule has 2 aromatic carbocycles. The first-order valence-electron chi connectivity index (χ1n) is 11.7. The lowest BCUT2D eigenvalue weighted by molar-refractivity contribution is 0.101. The van der Waals surface area contributed by atoms with Gasteiger partial charge in [-0.15, -0.1) is 0 Å². The van der Waals surface area contributed by atoms with E-state index in [1.54, 1.807) is 30.5 Å². The molecule has 1 fully saturated rings. The zero-order valence-corrected chi connectivity index (χ0v) is 19.7. The summed E-state index contributed by atoms with van der Waals surface area (Å²) < 4.78 is 0. The van der Waals surface area contributed by atoms with E-state index < -0.39 is 0 Å². The fourth-order valence-electron chi connectivity index (χ4n) is 4.82. The normalized spacial score (nSPS) is 15.4. The Morgan fingerprint density at radius 2 is 1.94 bits per heavy atom. The number of Topliss-reactive ketones (excluding diaryl/α,β-unsaturated/α-hetero) is 1. The first-order chi connectivity index (χ1) is 16.9. The predicted octanol–water partition coefficient (Wildman–Crippen LogP) is 5.03. The molecule has 1 aliphatic rings. The van der Waals surface area contributed by atoms with Crippen LogP contribution in [0.3, 0.4) is 0 Å². The fraction of sp³-hybridized carbons (Fsp3) is 0.214. The van der Waals surface area contributed by atoms with Gasteiger partial charge in [-0.25, -0.2) is 0 Å². The van der Waals surface area contributed by atoms with Gasteiger partial charge in [0.2, 0.25) is 5.56 Å². The van der Waals surface area contributed by atoms with Crippen LogP contribution in [-0.2, 0) is 0 Å². The largest absolute Gasteiger partial charge is 0.362 e. The summed E-state index contributed by atoms with van der Waals surface area (Å²) in [4.78, 5) is 47.0. The average Bonchev–Trinajstić information content (AvgIpc) is 3.34. The highest BCUT2D eigenvalue weighted by molar-refractivity contribution is 6.10. The van der Waals surface area contributed by atoms with E-state index in [1.165, 1.54) is 13.0 Å². The third-order valence-electron chi connectivity index (χ3n) is 6.55. The van der Waals surface area contributed by atoms with E-state index in [4.69, 9.17) is 0 Å². The van der Waals surface area contributed by atoms with Crippen molar-refractivity contribution in [2.24, 2.45) is 0 Å². The molecule has 4 aromatic rings. The monoisotopic (exact) mass is 466 g/mol. The average molecular weight is 467 g/mol. The van der Waals surface area contributed by atoms with Gasteiger partial charge in [-0.3, -0.25) is 19.4 Å². The van der Waals surface area contributed by atoms with Crippen molar-refractivity contribution >= 4 is 34.0 Å². The standard InChI is InChI=1S/C28H26N4O3/c1-17-14-27(34)31-23-10-9-20(16-21(17)23)30-28(35)22-15-19(18(2)33)8-11-25(22)32-13-5-7-26(32)24-6-3-4-12-29-24/h3-4,6,8-12,14-16,26H,5,7,13H2,1-2H3,(H,30,35)(H,31,34). The topological polar surface area (TPSA) is 95.2 Å². The summed E-state index contributed by atoms with van der Waals surface area (Å²) >= 11 is 0. The van der Waals surface area contributed by atoms with Crippen LogP contribution in [-0.4, -0.2) is 28.2 Å². The van der Waals surface area contributed by atoms with Crippen LogP contribution in [0.1, 0.15) is 57.8 Å². The molecule has 35 heavy (non-hydrogen) atoms. The van der Waals surface area contributed by atoms with E-state index in [0.717, 1.165) is 41.7 Å². The van der Waals surface area contributed by atoms with Crippen molar-refractivity contribution in [3.8, 4) is 0 Å². The number of pyridine rings is 2. The zero-order valence-electron chi connectivity index (χ0n) is 19.7. The fourth-order valence-corrected chi connectivity index (χ4v) is 4.82. The third kappa shape index (κ3) is 4.45. The molecule has 0 radical (unpaired) electrons. The Bertz CT molecular complexity index is 1490. The number of aryl methyl sites for hydroxylation is 1. The number of benzene rings is 2. The summed E-state index contributed by atoms with van der Waals surface area (Å²) in [5.74, 6) is -0.394. The van der Waals surface area contributed by atoms with Crippen LogP contribution < -0.4 is 15.8 Å². The number of fused-ring (bicyclic) bond motifs is 1. The second-order valence-corrected chi connectivity index (χ2v) is 8.93. The van der Waals surface area contributed by atoms with Gasteiger partial charge < -0.3 is 15.2 Å². The predicted molar refractivity (Wildman–Crippen MR) is 137 cm³/mol. The molecule has 2 N–H and O–H groups in total. The van der Waals surface area contributed by atoms with Gasteiger partial charge >= 0.3 is 0 Å². The van der Waals surface area contributed by atoms with Gasteiger partial charge in [0.1, 0.15) is 0 Å². The number of H-pyrrole nitrogens is 1. The maximum absolute atomic E-state index is 13.6. The van der Waals surface area contributed by atoms with Crippen molar-refractivity contribution in [3.05, 3.63) is 99.6 Å². The Hall–Kier alpha value is -4.26. The number of amides is 1. The third-order valence-corrected chi connectivity index (χ3v) is 6.55. The molecule has 3 heterocycles. The van der Waals surface area contributed by atoms with Crippen LogP contribution in [0.5, 0.6) is 0 Å². The lowest BCUT2D eigenvalue weighted by Gasteiger charge is -2.28. The molecule has 0 saturated carbocycles. The summed E-state index contributed by atoms with van der Waals surface area (Å²) in [6.07, 6.45) is 3.71. The first kappa shape index (κ1) is 22.5. The lowest BCUT2D eigenvalue weighted by atomic mass is 10.0. The van der Waals surface area contributed by atoms with E-state index in [1.807, 2.05) is 37.3 Å². The van der Waals surface area contributed by atoms with Gasteiger partial charge in [-0.1, -0.05) is 6.07 Å². The number of aromatic amines is 1. The number of rotatable bonds is 5. The molecule has 1 unspecified atom stereocenters. The molecule has 7 heteroatoms. The van der Waals surface area contributed by atoms with Gasteiger partial charge in [0.15, 0.2) is 5.78 Å². The van der Waals surface area contributed by atoms with E-state index in [0.29, 0.717) is 22.3 Å². The Morgan fingerprint density at radius 3 is 2.71 bits per heavy atom. The highest BCUT2D eigenvalue weighted by Gasteiger charge is 2.30. The van der Waals surface area contributed by atoms with Crippen LogP contribution in [0.4, 0.5) is 11.4 Å². The molecule has 1 atom stereocenters. The molecular formula is C28H26N4O3. The molecule has 176 valence electrons. The molecule has 1 amide bonds. The summed E-state index contributed by atoms with van der Waals surface area (Å²) in [7, 11) is 0. The first-order valence-corrected chi connectivity index (χ1v) is 11.7. The number of hydrogen-bond acceptors (Lipinski definition) is 5. The Balaban J connectivity index is 1.52. The Morgan fingerprint density at radius 1 is 1.09 bits per heavy atom. The van der Waals surface area contributed by atoms with E-state index >= 15 is 0 Å². The minimum Gasteiger partial charge on any atom is -0.362 e. The highest BCUT2D eigenvalue weighted by atomic mass is 16.2. The van der Waals surface area contributed by atoms with Gasteiger partial charge in [-0.2, -0.15) is 0 Å². The number of carbonyl (C=O) groups excluding carboxylic acids is 2. The van der Waals surface area contributed by atoms with Gasteiger partial charge in [0.25, 0.3) is 5.91 Å². The number of nitrogens with zero attached hydrogens (tertiary/aromatic N) is 2. The second kappa shape index (κ2) is 9.18. The van der Waals surface area contributed by atoms with Crippen LogP contribution in [0, 0.1) is 6.92 Å². The van der Waals surface area contributed by atoms with Crippen LogP contribution in [0.15, 0.2) is 71.7 Å². The summed E-state index contributed by atoms with van der Waals surface area (Å²) in [5.41, 5.74) is 4.66. The highest BCUT2D eigenvalue weighted by Crippen LogP contribution is 2.37. The minimum absolute atomic E-state index is 0.0612. The zero-order chi connectivity index (χ0) is 24.5. The molecule has 5 rings (SSSR count). The SMILES string of the molecule is CC(=O)c1ccc(N2CCCC2c2ccccn2)c(C(=O)Nc2ccc3[nH]c(=O)cc(C)c3c2)c1. The number of ketones is 1. The van der Waals surface area contributed by atoms with Crippen molar-refractivity contribution in [2.75, 3.05) is 16.8 Å². The van der Waals surface area contributed by atoms with Crippen molar-refractivity contribution in [3.63, 3.8) is 0 Å². The number of aromatic nitrogens is 2. The van der Waals surface area contributed by atoms with Crippen molar-refractivity contribution in [2.45, 2.75) is 32.7 Å². The Kier molecular flexibility index (Phi) is 5.91. The molecule has 7 nitrogen and oxygen atoms in total. The van der Waals surface area contributed by atoms with Crippen molar-refractivity contribution in [1.29, 1.82) is 0 Å². The second-order valence-electron chi connectivity index (χ2n) is 8.93. The molecule has 2 aromatic heterocycles. The van der Waals surface area contributed by atoms with Crippen LogP contribution in [0.2, 0.25) is 0 Å². The van der Waals surface area contributed by atoms with Crippen LogP contribution >= 0.6 is 0 Å². The van der Waals surface area contributed by atoms with E-state index in [-0.39, 0.29) is 23.3 Å². The minimum atomic E-state index is -0.295. The van der Waals surface area contributed by atoms with Crippen molar-refractivity contribution in [1.82, 2.24) is 9.97 Å². The maximum Gasteiger partial charge on any atom is 0.257 e. The quantitative estimate of drug-likeness (QED) is 0.402. The van der Waals surface area contributed by atoms with E-state index in [9.17, 15) is 14.4 Å². The molecule has 0 bridgehead atoms. The molecule has 0 spiro atoms. The smallest absolute Gasteiger partial charge is 0.257 e. The van der Waals surface area contributed by atoms with Gasteiger partial charge in [-0.05, 0) is 80.8 Å². The lowest BCUT2D eigenvalue weighted by Crippen LogP contribution is -2.26. The molecule has 1 saturated heterocycles. The molecule has 1 aliphatic heterocycles. The number of carbonyl (C=O) groups is 2. The number of hydrogen-bond donors (Lipinski definition) is 2. The summed E-state index contributed by atoms with van der Waals surface area (Å²) in [5, 5.41) is 3.85. The summed E-state index contributed by atoms with van der Waals surface area (Å²) in [6.45, 7) is 4.16. The molecule has 0 aliphatic carbocycles. The Labute approximate surface area is 202 Å². The number of anilines is 2. The van der Waals surface area contributed by atoms with Gasteiger partial charge in [0, 0.05) is 41.0 Å². The van der Waals surface area contributed by atoms with E-state index in [2.05, 4.69) is 20.2 Å². The number of nitrogens with one attached hydrogen (secondary N) is 2. The van der Waals surface area contributed by atoms with Gasteiger partial charge in [0.05, 0.1) is 23.0 Å². The van der Waals surface area contributed by atoms with Crippen molar-refractivity contribution < 1.29 is 9.59 Å².